The highest BCUT2D eigenvalue weighted by atomic mass is 35.5. The second-order valence-electron chi connectivity index (χ2n) is 7.14. The van der Waals surface area contributed by atoms with Crippen molar-refractivity contribution in [2.45, 2.75) is 25.7 Å². The van der Waals surface area contributed by atoms with E-state index >= 15 is 0 Å². The maximum Gasteiger partial charge on any atom is 0.229 e. The van der Waals surface area contributed by atoms with Crippen molar-refractivity contribution in [3.8, 4) is 5.69 Å². The number of carbonyl (C=O) groups is 2. The molecule has 136 valence electrons. The zero-order chi connectivity index (χ0) is 18.1. The highest BCUT2D eigenvalue weighted by Gasteiger charge is 2.36. The molecule has 1 aromatic heterocycles. The van der Waals surface area contributed by atoms with E-state index in [4.69, 9.17) is 11.6 Å². The van der Waals surface area contributed by atoms with E-state index in [0.29, 0.717) is 11.6 Å². The van der Waals surface area contributed by atoms with Crippen LogP contribution in [-0.4, -0.2) is 34.4 Å². The Morgan fingerprint density at radius 2 is 1.85 bits per heavy atom. The van der Waals surface area contributed by atoms with Gasteiger partial charge in [0.2, 0.25) is 11.8 Å². The molecule has 1 N–H and O–H groups in total. The van der Waals surface area contributed by atoms with Crippen LogP contribution in [0.4, 0.5) is 5.69 Å². The fourth-order valence-corrected chi connectivity index (χ4v) is 3.70. The molecule has 0 spiro atoms. The van der Waals surface area contributed by atoms with Gasteiger partial charge in [-0.2, -0.15) is 0 Å². The number of aromatic nitrogens is 1. The van der Waals surface area contributed by atoms with Gasteiger partial charge >= 0.3 is 0 Å². The highest BCUT2D eigenvalue weighted by molar-refractivity contribution is 6.31. The van der Waals surface area contributed by atoms with Crippen LogP contribution in [0.1, 0.15) is 25.7 Å². The Labute approximate surface area is 157 Å². The minimum Gasteiger partial charge on any atom is -0.342 e. The van der Waals surface area contributed by atoms with E-state index in [1.807, 2.05) is 46.1 Å². The van der Waals surface area contributed by atoms with Crippen LogP contribution in [0, 0.1) is 11.8 Å². The van der Waals surface area contributed by atoms with Crippen molar-refractivity contribution in [3.05, 3.63) is 47.7 Å². The smallest absolute Gasteiger partial charge is 0.229 e. The number of piperidine rings is 1. The standard InChI is InChI=1S/C20H22ClN3O2/c21-16-7-8-17(18(12-16)23-9-1-2-10-23)22-19(25)15-4-3-11-24(13-15)20(26)14-5-6-14/h1-2,7-10,12,14-15H,3-6,11,13H2,(H,22,25). The quantitative estimate of drug-likeness (QED) is 0.890. The minimum atomic E-state index is -0.167. The molecule has 1 saturated carbocycles. The molecule has 1 aliphatic carbocycles. The SMILES string of the molecule is O=C(Nc1ccc(Cl)cc1-n1cccc1)C1CCCN(C(=O)C2CC2)C1. The van der Waals surface area contributed by atoms with Gasteiger partial charge in [0.05, 0.1) is 17.3 Å². The van der Waals surface area contributed by atoms with E-state index in [9.17, 15) is 9.59 Å². The fourth-order valence-electron chi connectivity index (χ4n) is 3.53. The molecule has 2 aliphatic rings. The molecule has 2 amide bonds. The molecule has 1 atom stereocenters. The number of amides is 2. The summed E-state index contributed by atoms with van der Waals surface area (Å²) >= 11 is 6.14. The van der Waals surface area contributed by atoms with E-state index in [0.717, 1.165) is 43.6 Å². The van der Waals surface area contributed by atoms with E-state index in [1.54, 1.807) is 6.07 Å². The van der Waals surface area contributed by atoms with Crippen molar-refractivity contribution >= 4 is 29.1 Å². The van der Waals surface area contributed by atoms with Crippen LogP contribution in [0.3, 0.4) is 0 Å². The lowest BCUT2D eigenvalue weighted by atomic mass is 9.96. The summed E-state index contributed by atoms with van der Waals surface area (Å²) in [4.78, 5) is 27.0. The van der Waals surface area contributed by atoms with Gasteiger partial charge in [0.15, 0.2) is 0 Å². The summed E-state index contributed by atoms with van der Waals surface area (Å²) in [5, 5.41) is 3.66. The highest BCUT2D eigenvalue weighted by Crippen LogP contribution is 2.33. The number of likely N-dealkylation sites (tertiary alicyclic amines) is 1. The number of halogens is 1. The number of anilines is 1. The number of rotatable bonds is 4. The molecule has 1 unspecified atom stereocenters. The molecule has 1 aromatic carbocycles. The Morgan fingerprint density at radius 1 is 1.08 bits per heavy atom. The summed E-state index contributed by atoms with van der Waals surface area (Å²) < 4.78 is 1.92. The van der Waals surface area contributed by atoms with Gasteiger partial charge in [0, 0.05) is 36.4 Å². The first kappa shape index (κ1) is 17.2. The van der Waals surface area contributed by atoms with Gasteiger partial charge in [-0.25, -0.2) is 0 Å². The van der Waals surface area contributed by atoms with Crippen LogP contribution in [0.15, 0.2) is 42.7 Å². The van der Waals surface area contributed by atoms with Crippen molar-refractivity contribution in [2.75, 3.05) is 18.4 Å². The molecule has 6 heteroatoms. The molecule has 26 heavy (non-hydrogen) atoms. The van der Waals surface area contributed by atoms with Crippen LogP contribution in [-0.2, 0) is 9.59 Å². The van der Waals surface area contributed by atoms with Gasteiger partial charge in [0.1, 0.15) is 0 Å². The monoisotopic (exact) mass is 371 g/mol. The van der Waals surface area contributed by atoms with Gasteiger partial charge in [-0.3, -0.25) is 9.59 Å². The molecular weight excluding hydrogens is 350 g/mol. The minimum absolute atomic E-state index is 0.0333. The predicted octanol–water partition coefficient (Wildman–Crippen LogP) is 3.72. The van der Waals surface area contributed by atoms with Gasteiger partial charge in [-0.1, -0.05) is 11.6 Å². The maximum atomic E-state index is 12.8. The Bertz CT molecular complexity index is 814. The van der Waals surface area contributed by atoms with Gasteiger partial charge in [-0.15, -0.1) is 0 Å². The summed E-state index contributed by atoms with van der Waals surface area (Å²) in [6.45, 7) is 1.29. The van der Waals surface area contributed by atoms with Crippen LogP contribution < -0.4 is 5.32 Å². The average Bonchev–Trinajstić information content (AvgIpc) is 3.37. The van der Waals surface area contributed by atoms with Crippen LogP contribution in [0.25, 0.3) is 5.69 Å². The molecule has 2 heterocycles. The van der Waals surface area contributed by atoms with Gasteiger partial charge < -0.3 is 14.8 Å². The summed E-state index contributed by atoms with van der Waals surface area (Å²) in [7, 11) is 0. The first-order valence-electron chi connectivity index (χ1n) is 9.14. The number of benzene rings is 1. The van der Waals surface area contributed by atoms with Gasteiger partial charge in [-0.05, 0) is 56.0 Å². The third-order valence-corrected chi connectivity index (χ3v) is 5.37. The van der Waals surface area contributed by atoms with Crippen molar-refractivity contribution in [1.29, 1.82) is 0 Å². The summed E-state index contributed by atoms with van der Waals surface area (Å²) in [5.74, 6) is 0.226. The second kappa shape index (κ2) is 7.16. The zero-order valence-electron chi connectivity index (χ0n) is 14.5. The third-order valence-electron chi connectivity index (χ3n) is 5.13. The Balaban J connectivity index is 1.48. The van der Waals surface area contributed by atoms with Crippen molar-refractivity contribution in [3.63, 3.8) is 0 Å². The van der Waals surface area contributed by atoms with Crippen LogP contribution >= 0.6 is 11.6 Å². The Hall–Kier alpha value is -2.27. The van der Waals surface area contributed by atoms with Crippen molar-refractivity contribution in [2.24, 2.45) is 11.8 Å². The molecule has 2 fully saturated rings. The molecule has 0 radical (unpaired) electrons. The van der Waals surface area contributed by atoms with E-state index < -0.39 is 0 Å². The summed E-state index contributed by atoms with van der Waals surface area (Å²) in [5.41, 5.74) is 1.55. The molecule has 2 aromatic rings. The van der Waals surface area contributed by atoms with E-state index in [1.165, 1.54) is 0 Å². The first-order valence-corrected chi connectivity index (χ1v) is 9.52. The molecule has 1 saturated heterocycles. The molecule has 0 bridgehead atoms. The van der Waals surface area contributed by atoms with Gasteiger partial charge in [0.25, 0.3) is 0 Å². The third kappa shape index (κ3) is 3.63. The summed E-state index contributed by atoms with van der Waals surface area (Å²) in [6.07, 6.45) is 7.51. The van der Waals surface area contributed by atoms with Crippen molar-refractivity contribution < 1.29 is 9.59 Å². The lowest BCUT2D eigenvalue weighted by Gasteiger charge is -2.32. The average molecular weight is 372 g/mol. The second-order valence-corrected chi connectivity index (χ2v) is 7.58. The van der Waals surface area contributed by atoms with Crippen LogP contribution in [0.2, 0.25) is 5.02 Å². The lowest BCUT2D eigenvalue weighted by molar-refractivity contribution is -0.135. The van der Waals surface area contributed by atoms with Crippen LogP contribution in [0.5, 0.6) is 0 Å². The number of nitrogens with zero attached hydrogens (tertiary/aromatic N) is 2. The first-order chi connectivity index (χ1) is 12.6. The molecule has 1 aliphatic heterocycles. The largest absolute Gasteiger partial charge is 0.342 e. The van der Waals surface area contributed by atoms with Crippen molar-refractivity contribution in [1.82, 2.24) is 9.47 Å². The molecular formula is C20H22ClN3O2. The fraction of sp³-hybridized carbons (Fsp3) is 0.400. The molecule has 4 rings (SSSR count). The Kier molecular flexibility index (Phi) is 4.72. The summed E-state index contributed by atoms with van der Waals surface area (Å²) in [6, 6.07) is 9.28. The topological polar surface area (TPSA) is 54.3 Å². The number of hydrogen-bond acceptors (Lipinski definition) is 2. The number of carbonyl (C=O) groups excluding carboxylic acids is 2. The predicted molar refractivity (Wildman–Crippen MR) is 101 cm³/mol. The lowest BCUT2D eigenvalue weighted by Crippen LogP contribution is -2.44. The number of hydrogen-bond donors (Lipinski definition) is 1. The normalized spacial score (nSPS) is 20.0. The Morgan fingerprint density at radius 3 is 2.58 bits per heavy atom. The van der Waals surface area contributed by atoms with E-state index in [2.05, 4.69) is 5.32 Å². The zero-order valence-corrected chi connectivity index (χ0v) is 15.3. The maximum absolute atomic E-state index is 12.8. The van der Waals surface area contributed by atoms with E-state index in [-0.39, 0.29) is 23.7 Å². The molecule has 5 nitrogen and oxygen atoms in total. The number of nitrogens with one attached hydrogen (secondary N) is 1.